The maximum Gasteiger partial charge on any atom is 0.343 e. The van der Waals surface area contributed by atoms with Gasteiger partial charge in [-0.3, -0.25) is 0 Å². The second kappa shape index (κ2) is 8.02. The van der Waals surface area contributed by atoms with Gasteiger partial charge in [-0.15, -0.1) is 0 Å². The average Bonchev–Trinajstić information content (AvgIpc) is 3.00. The molecule has 1 heterocycles. The SMILES string of the molecule is CCN1CCC(C(O)(C(=O)OC2CCC(F)(F)C2)c2ccc(Cl)cc2)CC1. The first-order valence-corrected chi connectivity index (χ1v) is 9.92. The molecule has 150 valence electrons. The van der Waals surface area contributed by atoms with Crippen molar-refractivity contribution in [3.05, 3.63) is 34.9 Å². The lowest BCUT2D eigenvalue weighted by Crippen LogP contribution is -2.49. The molecule has 1 aliphatic heterocycles. The van der Waals surface area contributed by atoms with E-state index in [9.17, 15) is 18.7 Å². The Morgan fingerprint density at radius 1 is 1.30 bits per heavy atom. The number of hydrogen-bond donors (Lipinski definition) is 1. The molecular formula is C20H26ClF2NO3. The molecule has 1 aromatic rings. The van der Waals surface area contributed by atoms with Crippen molar-refractivity contribution in [3.8, 4) is 0 Å². The van der Waals surface area contributed by atoms with E-state index in [-0.39, 0.29) is 18.8 Å². The summed E-state index contributed by atoms with van der Waals surface area (Å²) in [6.07, 6.45) is -0.264. The van der Waals surface area contributed by atoms with Gasteiger partial charge in [0.2, 0.25) is 0 Å². The van der Waals surface area contributed by atoms with Gasteiger partial charge >= 0.3 is 5.97 Å². The third-order valence-corrected chi connectivity index (χ3v) is 6.11. The molecule has 1 saturated carbocycles. The van der Waals surface area contributed by atoms with Crippen molar-refractivity contribution in [2.75, 3.05) is 19.6 Å². The van der Waals surface area contributed by atoms with Gasteiger partial charge in [-0.1, -0.05) is 30.7 Å². The minimum atomic E-state index is -2.81. The third kappa shape index (κ3) is 4.44. The van der Waals surface area contributed by atoms with E-state index < -0.39 is 30.0 Å². The van der Waals surface area contributed by atoms with Crippen LogP contribution in [0.4, 0.5) is 8.78 Å². The number of aliphatic hydroxyl groups is 1. The molecule has 0 aromatic heterocycles. The van der Waals surface area contributed by atoms with Crippen LogP contribution in [0.15, 0.2) is 24.3 Å². The molecule has 2 aliphatic rings. The van der Waals surface area contributed by atoms with Crippen LogP contribution in [0.2, 0.25) is 5.02 Å². The van der Waals surface area contributed by atoms with E-state index in [0.717, 1.165) is 19.6 Å². The number of esters is 1. The Hall–Kier alpha value is -1.24. The zero-order valence-corrected chi connectivity index (χ0v) is 16.2. The number of carbonyl (C=O) groups is 1. The minimum Gasteiger partial charge on any atom is -0.460 e. The molecule has 1 aromatic carbocycles. The highest BCUT2D eigenvalue weighted by Gasteiger charge is 2.50. The monoisotopic (exact) mass is 401 g/mol. The van der Waals surface area contributed by atoms with Gasteiger partial charge in [0.15, 0.2) is 5.60 Å². The number of piperidine rings is 1. The number of hydrogen-bond acceptors (Lipinski definition) is 4. The maximum atomic E-state index is 13.5. The highest BCUT2D eigenvalue weighted by Crippen LogP contribution is 2.41. The second-order valence-corrected chi connectivity index (χ2v) is 8.04. The lowest BCUT2D eigenvalue weighted by molar-refractivity contribution is -0.182. The van der Waals surface area contributed by atoms with E-state index in [0.29, 0.717) is 23.4 Å². The van der Waals surface area contributed by atoms with Crippen LogP contribution in [0.25, 0.3) is 0 Å². The molecule has 0 amide bonds. The molecule has 2 unspecified atom stereocenters. The Kier molecular flexibility index (Phi) is 6.08. The van der Waals surface area contributed by atoms with Crippen LogP contribution in [0.5, 0.6) is 0 Å². The molecule has 0 radical (unpaired) electrons. The van der Waals surface area contributed by atoms with Gasteiger partial charge in [0.05, 0.1) is 0 Å². The summed E-state index contributed by atoms with van der Waals surface area (Å²) in [4.78, 5) is 15.3. The van der Waals surface area contributed by atoms with Crippen LogP contribution in [0, 0.1) is 5.92 Å². The highest BCUT2D eigenvalue weighted by atomic mass is 35.5. The number of likely N-dealkylation sites (tertiary alicyclic amines) is 1. The number of carbonyl (C=O) groups excluding carboxylic acids is 1. The predicted molar refractivity (Wildman–Crippen MR) is 98.9 cm³/mol. The molecule has 0 spiro atoms. The molecule has 1 saturated heterocycles. The van der Waals surface area contributed by atoms with E-state index in [2.05, 4.69) is 11.8 Å². The van der Waals surface area contributed by atoms with E-state index in [4.69, 9.17) is 16.3 Å². The summed E-state index contributed by atoms with van der Waals surface area (Å²) in [6.45, 7) is 4.52. The zero-order valence-electron chi connectivity index (χ0n) is 15.5. The maximum absolute atomic E-state index is 13.5. The number of benzene rings is 1. The van der Waals surface area contributed by atoms with E-state index in [1.54, 1.807) is 24.3 Å². The molecule has 2 atom stereocenters. The summed E-state index contributed by atoms with van der Waals surface area (Å²) in [5.74, 6) is -3.98. The smallest absolute Gasteiger partial charge is 0.343 e. The van der Waals surface area contributed by atoms with Crippen molar-refractivity contribution < 1.29 is 23.4 Å². The van der Waals surface area contributed by atoms with Gasteiger partial charge in [0.25, 0.3) is 5.92 Å². The number of rotatable bonds is 5. The molecule has 1 aliphatic carbocycles. The Balaban J connectivity index is 1.83. The Morgan fingerprint density at radius 3 is 2.44 bits per heavy atom. The fourth-order valence-electron chi connectivity index (χ4n) is 4.14. The number of ether oxygens (including phenoxy) is 1. The Bertz CT molecular complexity index is 662. The van der Waals surface area contributed by atoms with Gasteiger partial charge < -0.3 is 14.7 Å². The summed E-state index contributed by atoms with van der Waals surface area (Å²) in [6, 6.07) is 6.44. The molecule has 2 fully saturated rings. The molecule has 3 rings (SSSR count). The number of halogens is 3. The van der Waals surface area contributed by atoms with E-state index >= 15 is 0 Å². The molecular weight excluding hydrogens is 376 g/mol. The molecule has 7 heteroatoms. The van der Waals surface area contributed by atoms with Crippen LogP contribution < -0.4 is 0 Å². The summed E-state index contributed by atoms with van der Waals surface area (Å²) >= 11 is 5.95. The van der Waals surface area contributed by atoms with E-state index in [1.165, 1.54) is 0 Å². The summed E-state index contributed by atoms with van der Waals surface area (Å²) in [5.41, 5.74) is -1.46. The molecule has 27 heavy (non-hydrogen) atoms. The standard InChI is InChI=1S/C20H26ClF2NO3/c1-2-24-11-8-15(9-12-24)20(26,14-3-5-16(21)6-4-14)18(25)27-17-7-10-19(22,23)13-17/h3-6,15,17,26H,2,7-13H2,1H3. The first kappa shape index (κ1) is 20.5. The summed E-state index contributed by atoms with van der Waals surface area (Å²) in [7, 11) is 0. The van der Waals surface area contributed by atoms with Crippen LogP contribution in [-0.2, 0) is 15.1 Å². The van der Waals surface area contributed by atoms with Crippen LogP contribution >= 0.6 is 11.6 Å². The van der Waals surface area contributed by atoms with Crippen LogP contribution in [0.3, 0.4) is 0 Å². The number of alkyl halides is 2. The second-order valence-electron chi connectivity index (χ2n) is 7.61. The minimum absolute atomic E-state index is 0.115. The Labute approximate surface area is 163 Å². The first-order valence-electron chi connectivity index (χ1n) is 9.54. The van der Waals surface area contributed by atoms with Crippen molar-refractivity contribution in [2.24, 2.45) is 5.92 Å². The Morgan fingerprint density at radius 2 is 1.93 bits per heavy atom. The van der Waals surface area contributed by atoms with E-state index in [1.807, 2.05) is 0 Å². The normalized spacial score (nSPS) is 25.9. The fourth-order valence-corrected chi connectivity index (χ4v) is 4.27. The molecule has 4 nitrogen and oxygen atoms in total. The van der Waals surface area contributed by atoms with Gasteiger partial charge in [0.1, 0.15) is 6.10 Å². The topological polar surface area (TPSA) is 49.8 Å². The quantitative estimate of drug-likeness (QED) is 0.758. The summed E-state index contributed by atoms with van der Waals surface area (Å²) in [5, 5.41) is 12.0. The first-order chi connectivity index (χ1) is 12.7. The van der Waals surface area contributed by atoms with Crippen molar-refractivity contribution in [3.63, 3.8) is 0 Å². The van der Waals surface area contributed by atoms with Gasteiger partial charge in [-0.05, 0) is 56.6 Å². The average molecular weight is 402 g/mol. The molecule has 0 bridgehead atoms. The van der Waals surface area contributed by atoms with Crippen molar-refractivity contribution in [2.45, 2.75) is 56.7 Å². The van der Waals surface area contributed by atoms with Gasteiger partial charge in [-0.25, -0.2) is 13.6 Å². The van der Waals surface area contributed by atoms with Gasteiger partial charge in [-0.2, -0.15) is 0 Å². The highest BCUT2D eigenvalue weighted by molar-refractivity contribution is 6.30. The predicted octanol–water partition coefficient (Wildman–Crippen LogP) is 3.99. The number of nitrogens with zero attached hydrogens (tertiary/aromatic N) is 1. The van der Waals surface area contributed by atoms with Crippen molar-refractivity contribution in [1.29, 1.82) is 0 Å². The van der Waals surface area contributed by atoms with Crippen LogP contribution in [0.1, 0.15) is 44.6 Å². The third-order valence-electron chi connectivity index (χ3n) is 5.85. The van der Waals surface area contributed by atoms with Crippen molar-refractivity contribution >= 4 is 17.6 Å². The lowest BCUT2D eigenvalue weighted by Gasteiger charge is -2.40. The largest absolute Gasteiger partial charge is 0.460 e. The summed E-state index contributed by atoms with van der Waals surface area (Å²) < 4.78 is 32.3. The van der Waals surface area contributed by atoms with Crippen molar-refractivity contribution in [1.82, 2.24) is 4.90 Å². The lowest BCUT2D eigenvalue weighted by atomic mass is 9.76. The fraction of sp³-hybridized carbons (Fsp3) is 0.650. The zero-order chi connectivity index (χ0) is 19.7. The van der Waals surface area contributed by atoms with Crippen LogP contribution in [-0.4, -0.2) is 47.6 Å². The molecule has 1 N–H and O–H groups in total. The van der Waals surface area contributed by atoms with Gasteiger partial charge in [0, 0.05) is 23.8 Å².